The fourth-order valence-corrected chi connectivity index (χ4v) is 4.78. The monoisotopic (exact) mass is 416 g/mol. The van der Waals surface area contributed by atoms with E-state index in [1.54, 1.807) is 0 Å². The molecule has 0 spiro atoms. The van der Waals surface area contributed by atoms with Crippen LogP contribution in [0, 0.1) is 5.92 Å². The molecule has 1 unspecified atom stereocenters. The molecule has 2 N–H and O–H groups in total. The van der Waals surface area contributed by atoms with Crippen LogP contribution in [0.4, 0.5) is 0 Å². The van der Waals surface area contributed by atoms with Gasteiger partial charge in [0.1, 0.15) is 4.90 Å². The quantitative estimate of drug-likeness (QED) is 0.766. The second kappa shape index (κ2) is 7.62. The molecule has 1 rings (SSSR count). The number of hydrogen-bond donors (Lipinski definition) is 1. The molecule has 1 aromatic rings. The summed E-state index contributed by atoms with van der Waals surface area (Å²) in [6, 6.07) is 2.96. The van der Waals surface area contributed by atoms with Gasteiger partial charge in [-0.2, -0.15) is 0 Å². The maximum Gasteiger partial charge on any atom is 0.245 e. The fourth-order valence-electron chi connectivity index (χ4n) is 1.72. The number of hydrogen-bond acceptors (Lipinski definition) is 3. The Morgan fingerprint density at radius 1 is 1.29 bits per heavy atom. The Labute approximate surface area is 144 Å². The maximum atomic E-state index is 12.6. The largest absolute Gasteiger partial charge is 0.327 e. The van der Waals surface area contributed by atoms with Crippen molar-refractivity contribution in [1.29, 1.82) is 0 Å². The number of halogens is 3. The van der Waals surface area contributed by atoms with Crippen LogP contribution in [0.1, 0.15) is 20.3 Å². The fraction of sp³-hybridized carbons (Fsp3) is 0.538. The van der Waals surface area contributed by atoms with Gasteiger partial charge in [0.2, 0.25) is 10.0 Å². The molecule has 0 bridgehead atoms. The highest BCUT2D eigenvalue weighted by atomic mass is 79.9. The molecule has 0 saturated heterocycles. The van der Waals surface area contributed by atoms with Gasteiger partial charge in [0.25, 0.3) is 0 Å². The molecule has 0 aromatic heterocycles. The molecular weight excluding hydrogens is 399 g/mol. The Morgan fingerprint density at radius 2 is 1.76 bits per heavy atom. The summed E-state index contributed by atoms with van der Waals surface area (Å²) in [6.45, 7) is 4.31. The lowest BCUT2D eigenvalue weighted by Crippen LogP contribution is -2.34. The Balaban J connectivity index is 3.01. The molecular formula is C13H19BrCl2N2O2S. The van der Waals surface area contributed by atoms with E-state index in [9.17, 15) is 8.42 Å². The van der Waals surface area contributed by atoms with E-state index in [-0.39, 0.29) is 21.0 Å². The first kappa shape index (κ1) is 19.2. The van der Waals surface area contributed by atoms with Crippen molar-refractivity contribution in [2.75, 3.05) is 13.6 Å². The third-order valence-corrected chi connectivity index (χ3v) is 6.50. The molecule has 4 nitrogen and oxygen atoms in total. The van der Waals surface area contributed by atoms with Crippen LogP contribution in [0.15, 0.2) is 21.5 Å². The van der Waals surface area contributed by atoms with E-state index in [1.165, 1.54) is 23.5 Å². The van der Waals surface area contributed by atoms with Crippen molar-refractivity contribution in [2.24, 2.45) is 11.7 Å². The van der Waals surface area contributed by atoms with Gasteiger partial charge in [-0.1, -0.05) is 53.0 Å². The van der Waals surface area contributed by atoms with Gasteiger partial charge >= 0.3 is 0 Å². The Bertz CT molecular complexity index is 585. The van der Waals surface area contributed by atoms with Crippen molar-refractivity contribution in [2.45, 2.75) is 31.2 Å². The highest BCUT2D eigenvalue weighted by Crippen LogP contribution is 2.34. The molecule has 120 valence electrons. The SMILES string of the molecule is CC(C)C(N)CCN(C)S(=O)(=O)c1c(Cl)cc(Br)cc1Cl. The summed E-state index contributed by atoms with van der Waals surface area (Å²) in [5, 5.41) is 0.184. The summed E-state index contributed by atoms with van der Waals surface area (Å²) in [4.78, 5) is -0.0744. The van der Waals surface area contributed by atoms with Crippen molar-refractivity contribution in [1.82, 2.24) is 4.31 Å². The van der Waals surface area contributed by atoms with E-state index in [1.807, 2.05) is 13.8 Å². The molecule has 0 aliphatic carbocycles. The first-order chi connectivity index (χ1) is 9.57. The molecule has 0 amide bonds. The second-order valence-corrected chi connectivity index (χ2v) is 8.93. The number of benzene rings is 1. The highest BCUT2D eigenvalue weighted by molar-refractivity contribution is 9.10. The average Bonchev–Trinajstić information content (AvgIpc) is 2.33. The van der Waals surface area contributed by atoms with Crippen LogP contribution in [0.5, 0.6) is 0 Å². The van der Waals surface area contributed by atoms with Crippen molar-refractivity contribution >= 4 is 49.2 Å². The predicted octanol–water partition coefficient (Wildman–Crippen LogP) is 3.75. The Kier molecular flexibility index (Phi) is 6.96. The summed E-state index contributed by atoms with van der Waals surface area (Å²) in [5.41, 5.74) is 5.95. The topological polar surface area (TPSA) is 63.4 Å². The minimum absolute atomic E-state index is 0.0569. The molecule has 1 atom stereocenters. The summed E-state index contributed by atoms with van der Waals surface area (Å²) < 4.78 is 27.0. The van der Waals surface area contributed by atoms with Gasteiger partial charge in [-0.05, 0) is 24.5 Å². The lowest BCUT2D eigenvalue weighted by Gasteiger charge is -2.22. The van der Waals surface area contributed by atoms with E-state index < -0.39 is 10.0 Å². The van der Waals surface area contributed by atoms with E-state index in [0.29, 0.717) is 23.4 Å². The van der Waals surface area contributed by atoms with Crippen molar-refractivity contribution in [3.8, 4) is 0 Å². The molecule has 0 aliphatic heterocycles. The number of nitrogens with two attached hydrogens (primary N) is 1. The first-order valence-electron chi connectivity index (χ1n) is 6.43. The lowest BCUT2D eigenvalue weighted by molar-refractivity contribution is 0.397. The van der Waals surface area contributed by atoms with Crippen LogP contribution in [-0.4, -0.2) is 32.4 Å². The minimum Gasteiger partial charge on any atom is -0.327 e. The van der Waals surface area contributed by atoms with Crippen molar-refractivity contribution < 1.29 is 8.42 Å². The van der Waals surface area contributed by atoms with E-state index >= 15 is 0 Å². The van der Waals surface area contributed by atoms with Crippen LogP contribution >= 0.6 is 39.1 Å². The van der Waals surface area contributed by atoms with Crippen molar-refractivity contribution in [3.05, 3.63) is 26.7 Å². The molecule has 0 radical (unpaired) electrons. The highest BCUT2D eigenvalue weighted by Gasteiger charge is 2.27. The third kappa shape index (κ3) is 4.81. The lowest BCUT2D eigenvalue weighted by atomic mass is 10.0. The zero-order valence-corrected chi connectivity index (χ0v) is 16.0. The van der Waals surface area contributed by atoms with Gasteiger partial charge in [0, 0.05) is 24.1 Å². The van der Waals surface area contributed by atoms with Gasteiger partial charge in [0.05, 0.1) is 10.0 Å². The Morgan fingerprint density at radius 3 is 2.19 bits per heavy atom. The molecule has 0 aliphatic rings. The zero-order valence-electron chi connectivity index (χ0n) is 12.1. The van der Waals surface area contributed by atoms with Crippen LogP contribution in [-0.2, 0) is 10.0 Å². The van der Waals surface area contributed by atoms with Crippen LogP contribution in [0.3, 0.4) is 0 Å². The normalized spacial score (nSPS) is 14.0. The Hall–Kier alpha value is 0.150. The van der Waals surface area contributed by atoms with Gasteiger partial charge in [-0.15, -0.1) is 0 Å². The molecule has 1 aromatic carbocycles. The number of rotatable bonds is 6. The molecule has 0 heterocycles. The molecule has 0 saturated carbocycles. The van der Waals surface area contributed by atoms with Gasteiger partial charge in [0.15, 0.2) is 0 Å². The predicted molar refractivity (Wildman–Crippen MR) is 91.4 cm³/mol. The van der Waals surface area contributed by atoms with E-state index in [2.05, 4.69) is 15.9 Å². The van der Waals surface area contributed by atoms with Crippen LogP contribution in [0.2, 0.25) is 10.0 Å². The molecule has 0 fully saturated rings. The smallest absolute Gasteiger partial charge is 0.245 e. The molecule has 21 heavy (non-hydrogen) atoms. The van der Waals surface area contributed by atoms with Crippen LogP contribution in [0.25, 0.3) is 0 Å². The summed E-state index contributed by atoms with van der Waals surface area (Å²) in [6.07, 6.45) is 0.569. The van der Waals surface area contributed by atoms with E-state index in [4.69, 9.17) is 28.9 Å². The average molecular weight is 418 g/mol. The van der Waals surface area contributed by atoms with E-state index in [0.717, 1.165) is 0 Å². The van der Waals surface area contributed by atoms with Crippen molar-refractivity contribution in [3.63, 3.8) is 0 Å². The minimum atomic E-state index is -3.75. The number of nitrogens with zero attached hydrogens (tertiary/aromatic N) is 1. The standard InChI is InChI=1S/C13H19BrCl2N2O2S/c1-8(2)12(17)4-5-18(3)21(19,20)13-10(15)6-9(14)7-11(13)16/h6-8,12H,4-5,17H2,1-3H3. The third-order valence-electron chi connectivity index (χ3n) is 3.26. The maximum absolute atomic E-state index is 12.6. The van der Waals surface area contributed by atoms with Crippen LogP contribution < -0.4 is 5.73 Å². The molecule has 8 heteroatoms. The summed E-state index contributed by atoms with van der Waals surface area (Å²) >= 11 is 15.3. The summed E-state index contributed by atoms with van der Waals surface area (Å²) in [5.74, 6) is 0.293. The summed E-state index contributed by atoms with van der Waals surface area (Å²) in [7, 11) is -2.25. The zero-order chi connectivity index (χ0) is 16.4. The van der Waals surface area contributed by atoms with Gasteiger partial charge < -0.3 is 5.73 Å². The first-order valence-corrected chi connectivity index (χ1v) is 9.42. The number of sulfonamides is 1. The van der Waals surface area contributed by atoms with Gasteiger partial charge in [-0.25, -0.2) is 12.7 Å². The van der Waals surface area contributed by atoms with Gasteiger partial charge in [-0.3, -0.25) is 0 Å². The second-order valence-electron chi connectivity index (χ2n) is 5.22.